The Kier molecular flexibility index (Phi) is 6.16. The Morgan fingerprint density at radius 2 is 2.00 bits per heavy atom. The quantitative estimate of drug-likeness (QED) is 0.752. The smallest absolute Gasteiger partial charge is 0.321 e. The second kappa shape index (κ2) is 8.12. The van der Waals surface area contributed by atoms with Gasteiger partial charge in [0, 0.05) is 46.1 Å². The maximum Gasteiger partial charge on any atom is 0.321 e. The van der Waals surface area contributed by atoms with Crippen molar-refractivity contribution in [1.29, 1.82) is 0 Å². The SMILES string of the molecule is CN(C)C(=O)Nc1cccc(CNC(=O)C2(CN)CCOCC2)c1. The van der Waals surface area contributed by atoms with E-state index in [0.29, 0.717) is 44.8 Å². The molecule has 0 aliphatic carbocycles. The molecule has 1 aliphatic rings. The van der Waals surface area contributed by atoms with Crippen LogP contribution in [-0.2, 0) is 16.1 Å². The zero-order chi connectivity index (χ0) is 17.6. The van der Waals surface area contributed by atoms with Gasteiger partial charge in [-0.2, -0.15) is 0 Å². The van der Waals surface area contributed by atoms with Gasteiger partial charge in [-0.3, -0.25) is 4.79 Å². The van der Waals surface area contributed by atoms with Crippen molar-refractivity contribution in [3.05, 3.63) is 29.8 Å². The van der Waals surface area contributed by atoms with Crippen LogP contribution in [0.1, 0.15) is 18.4 Å². The van der Waals surface area contributed by atoms with Crippen LogP contribution in [0.3, 0.4) is 0 Å². The third-order valence-corrected chi connectivity index (χ3v) is 4.36. The summed E-state index contributed by atoms with van der Waals surface area (Å²) in [5, 5.41) is 5.76. The van der Waals surface area contributed by atoms with Crippen LogP contribution in [0.5, 0.6) is 0 Å². The summed E-state index contributed by atoms with van der Waals surface area (Å²) in [6, 6.07) is 7.22. The van der Waals surface area contributed by atoms with Crippen LogP contribution < -0.4 is 16.4 Å². The minimum atomic E-state index is -0.533. The van der Waals surface area contributed by atoms with Gasteiger partial charge in [-0.1, -0.05) is 12.1 Å². The van der Waals surface area contributed by atoms with Crippen LogP contribution in [-0.4, -0.2) is 50.7 Å². The lowest BCUT2D eigenvalue weighted by atomic mass is 9.79. The molecule has 0 bridgehead atoms. The molecular weight excluding hydrogens is 308 g/mol. The topological polar surface area (TPSA) is 96.7 Å². The second-order valence-corrected chi connectivity index (χ2v) is 6.30. The molecule has 0 radical (unpaired) electrons. The average molecular weight is 334 g/mol. The summed E-state index contributed by atoms with van der Waals surface area (Å²) in [6.07, 6.45) is 1.29. The fourth-order valence-corrected chi connectivity index (χ4v) is 2.65. The zero-order valence-corrected chi connectivity index (χ0v) is 14.3. The monoisotopic (exact) mass is 334 g/mol. The maximum atomic E-state index is 12.6. The number of nitrogens with zero attached hydrogens (tertiary/aromatic N) is 1. The molecule has 1 aliphatic heterocycles. The Morgan fingerprint density at radius 3 is 2.62 bits per heavy atom. The molecule has 3 amide bonds. The number of benzene rings is 1. The molecule has 7 nitrogen and oxygen atoms in total. The minimum Gasteiger partial charge on any atom is -0.381 e. The van der Waals surface area contributed by atoms with Gasteiger partial charge >= 0.3 is 6.03 Å². The van der Waals surface area contributed by atoms with Crippen LogP contribution in [0.4, 0.5) is 10.5 Å². The summed E-state index contributed by atoms with van der Waals surface area (Å²) >= 11 is 0. The summed E-state index contributed by atoms with van der Waals surface area (Å²) in [4.78, 5) is 25.7. The summed E-state index contributed by atoms with van der Waals surface area (Å²) < 4.78 is 5.33. The maximum absolute atomic E-state index is 12.6. The molecule has 0 spiro atoms. The number of amides is 3. The van der Waals surface area contributed by atoms with Crippen molar-refractivity contribution < 1.29 is 14.3 Å². The van der Waals surface area contributed by atoms with Crippen molar-refractivity contribution in [3.63, 3.8) is 0 Å². The van der Waals surface area contributed by atoms with Crippen LogP contribution in [0.15, 0.2) is 24.3 Å². The fraction of sp³-hybridized carbons (Fsp3) is 0.529. The summed E-state index contributed by atoms with van der Waals surface area (Å²) in [6.45, 7) is 1.85. The molecule has 24 heavy (non-hydrogen) atoms. The minimum absolute atomic E-state index is 0.0315. The van der Waals surface area contributed by atoms with E-state index < -0.39 is 5.41 Å². The van der Waals surface area contributed by atoms with E-state index in [2.05, 4.69) is 10.6 Å². The highest BCUT2D eigenvalue weighted by Gasteiger charge is 2.38. The van der Waals surface area contributed by atoms with Crippen molar-refractivity contribution in [3.8, 4) is 0 Å². The summed E-state index contributed by atoms with van der Waals surface area (Å²) in [7, 11) is 3.36. The molecule has 1 heterocycles. The fourth-order valence-electron chi connectivity index (χ4n) is 2.65. The number of nitrogens with one attached hydrogen (secondary N) is 2. The van der Waals surface area contributed by atoms with Gasteiger partial charge in [-0.15, -0.1) is 0 Å². The van der Waals surface area contributed by atoms with Gasteiger partial charge in [0.25, 0.3) is 0 Å². The first kappa shape index (κ1) is 18.2. The van der Waals surface area contributed by atoms with E-state index in [1.54, 1.807) is 14.1 Å². The Bertz CT molecular complexity index is 583. The van der Waals surface area contributed by atoms with E-state index >= 15 is 0 Å². The molecule has 1 saturated heterocycles. The standard InChI is InChI=1S/C17H26N4O3/c1-21(2)16(23)20-14-5-3-4-13(10-14)11-19-15(22)17(12-18)6-8-24-9-7-17/h3-5,10H,6-9,11-12,18H2,1-2H3,(H,19,22)(H,20,23). The number of nitrogens with two attached hydrogens (primary N) is 1. The normalized spacial score (nSPS) is 16.3. The predicted molar refractivity (Wildman–Crippen MR) is 92.5 cm³/mol. The predicted octanol–water partition coefficient (Wildman–Crippen LogP) is 1.15. The highest BCUT2D eigenvalue weighted by Crippen LogP contribution is 2.29. The van der Waals surface area contributed by atoms with E-state index in [0.717, 1.165) is 5.56 Å². The Balaban J connectivity index is 1.96. The molecule has 0 atom stereocenters. The second-order valence-electron chi connectivity index (χ2n) is 6.30. The van der Waals surface area contributed by atoms with E-state index in [-0.39, 0.29) is 11.9 Å². The molecule has 0 aromatic heterocycles. The number of ether oxygens (including phenoxy) is 1. The first-order valence-electron chi connectivity index (χ1n) is 8.10. The van der Waals surface area contributed by atoms with Crippen LogP contribution in [0, 0.1) is 5.41 Å². The third-order valence-electron chi connectivity index (χ3n) is 4.36. The number of hydrogen-bond donors (Lipinski definition) is 3. The van der Waals surface area contributed by atoms with Gasteiger partial charge in [0.05, 0.1) is 5.41 Å². The molecule has 7 heteroatoms. The molecule has 132 valence electrons. The molecule has 1 fully saturated rings. The van der Waals surface area contributed by atoms with E-state index in [4.69, 9.17) is 10.5 Å². The lowest BCUT2D eigenvalue weighted by molar-refractivity contribution is -0.136. The highest BCUT2D eigenvalue weighted by molar-refractivity contribution is 5.89. The van der Waals surface area contributed by atoms with Gasteiger partial charge in [-0.05, 0) is 30.5 Å². The van der Waals surface area contributed by atoms with Crippen molar-refractivity contribution >= 4 is 17.6 Å². The lowest BCUT2D eigenvalue weighted by Crippen LogP contribution is -2.48. The van der Waals surface area contributed by atoms with Crippen LogP contribution in [0.2, 0.25) is 0 Å². The number of urea groups is 1. The van der Waals surface area contributed by atoms with Crippen molar-refractivity contribution in [2.75, 3.05) is 39.2 Å². The number of anilines is 1. The molecule has 4 N–H and O–H groups in total. The largest absolute Gasteiger partial charge is 0.381 e. The van der Waals surface area contributed by atoms with Crippen LogP contribution >= 0.6 is 0 Å². The van der Waals surface area contributed by atoms with Crippen molar-refractivity contribution in [2.45, 2.75) is 19.4 Å². The molecule has 1 aromatic carbocycles. The van der Waals surface area contributed by atoms with Gasteiger partial charge in [0.1, 0.15) is 0 Å². The first-order chi connectivity index (χ1) is 11.5. The summed E-state index contributed by atoms with van der Waals surface area (Å²) in [5.41, 5.74) is 6.92. The first-order valence-corrected chi connectivity index (χ1v) is 8.10. The van der Waals surface area contributed by atoms with Crippen molar-refractivity contribution in [2.24, 2.45) is 11.1 Å². The third kappa shape index (κ3) is 4.46. The van der Waals surface area contributed by atoms with Crippen LogP contribution in [0.25, 0.3) is 0 Å². The molecule has 1 aromatic rings. The Morgan fingerprint density at radius 1 is 1.29 bits per heavy atom. The number of carbonyl (C=O) groups is 2. The van der Waals surface area contributed by atoms with Crippen molar-refractivity contribution in [1.82, 2.24) is 10.2 Å². The molecular formula is C17H26N4O3. The Labute approximate surface area is 142 Å². The van der Waals surface area contributed by atoms with Gasteiger partial charge in [-0.25, -0.2) is 4.79 Å². The molecule has 0 unspecified atom stereocenters. The number of rotatable bonds is 5. The summed E-state index contributed by atoms with van der Waals surface area (Å²) in [5.74, 6) is -0.0315. The van der Waals surface area contributed by atoms with Gasteiger partial charge in [0.15, 0.2) is 0 Å². The molecule has 2 rings (SSSR count). The van der Waals surface area contributed by atoms with E-state index in [9.17, 15) is 9.59 Å². The van der Waals surface area contributed by atoms with E-state index in [1.165, 1.54) is 4.90 Å². The number of hydrogen-bond acceptors (Lipinski definition) is 4. The van der Waals surface area contributed by atoms with E-state index in [1.807, 2.05) is 24.3 Å². The zero-order valence-electron chi connectivity index (χ0n) is 14.3. The average Bonchev–Trinajstić information content (AvgIpc) is 2.60. The van der Waals surface area contributed by atoms with Gasteiger partial charge < -0.3 is 26.0 Å². The highest BCUT2D eigenvalue weighted by atomic mass is 16.5. The lowest BCUT2D eigenvalue weighted by Gasteiger charge is -2.34. The molecule has 0 saturated carbocycles. The number of carbonyl (C=O) groups excluding carboxylic acids is 2. The Hall–Kier alpha value is -2.12. The van der Waals surface area contributed by atoms with Gasteiger partial charge in [0.2, 0.25) is 5.91 Å².